The zero-order chi connectivity index (χ0) is 14.7. The highest BCUT2D eigenvalue weighted by molar-refractivity contribution is 5.85. The van der Waals surface area contributed by atoms with Gasteiger partial charge in [-0.15, -0.1) is 0 Å². The second-order valence-electron chi connectivity index (χ2n) is 5.95. The third kappa shape index (κ3) is 3.41. The third-order valence-electron chi connectivity index (χ3n) is 4.19. The van der Waals surface area contributed by atoms with Crippen LogP contribution in [-0.2, 0) is 4.79 Å². The smallest absolute Gasteiger partial charge is 0.328 e. The number of aryl methyl sites for hydroxylation is 1. The van der Waals surface area contributed by atoms with Gasteiger partial charge >= 0.3 is 5.97 Å². The summed E-state index contributed by atoms with van der Waals surface area (Å²) in [6.07, 6.45) is 4.10. The van der Waals surface area contributed by atoms with E-state index in [-0.39, 0.29) is 0 Å². The summed E-state index contributed by atoms with van der Waals surface area (Å²) in [5.74, 6) is 0.605. The van der Waals surface area contributed by atoms with Crippen molar-refractivity contribution in [2.45, 2.75) is 27.2 Å². The van der Waals surface area contributed by atoms with E-state index in [0.717, 1.165) is 36.1 Å². The lowest BCUT2D eigenvalue weighted by molar-refractivity contribution is -0.131. The molecule has 0 saturated carbocycles. The molecular weight excluding hydrogens is 250 g/mol. The number of anilines is 1. The molecule has 2 rings (SSSR count). The molecule has 3 nitrogen and oxygen atoms in total. The topological polar surface area (TPSA) is 40.5 Å². The molecule has 0 bridgehead atoms. The lowest BCUT2D eigenvalue weighted by Crippen LogP contribution is -2.21. The minimum absolute atomic E-state index is 0.735. The molecule has 1 N–H and O–H groups in total. The third-order valence-corrected chi connectivity index (χ3v) is 4.19. The molecule has 20 heavy (non-hydrogen) atoms. The Bertz CT molecular complexity index is 520. The summed E-state index contributed by atoms with van der Waals surface area (Å²) >= 11 is 0. The Hall–Kier alpha value is -1.77. The molecule has 1 unspecified atom stereocenters. The van der Waals surface area contributed by atoms with Crippen molar-refractivity contribution in [1.29, 1.82) is 0 Å². The van der Waals surface area contributed by atoms with Crippen LogP contribution in [0.15, 0.2) is 24.3 Å². The van der Waals surface area contributed by atoms with Crippen molar-refractivity contribution in [1.82, 2.24) is 0 Å². The van der Waals surface area contributed by atoms with Crippen LogP contribution in [-0.4, -0.2) is 24.2 Å². The average Bonchev–Trinajstić information content (AvgIpc) is 2.86. The molecule has 1 fully saturated rings. The first-order valence-corrected chi connectivity index (χ1v) is 7.24. The standard InChI is InChI=1S/C17H23NO2/c1-12(2)15-8-9-18(11-15)16-6-4-14(13(3)10-16)5-7-17(19)20/h4-7,10,12,15H,8-9,11H2,1-3H3,(H,19,20)/b7-5+. The van der Waals surface area contributed by atoms with Crippen LogP contribution in [0.1, 0.15) is 31.4 Å². The van der Waals surface area contributed by atoms with Gasteiger partial charge in [0.25, 0.3) is 0 Å². The molecular formula is C17H23NO2. The van der Waals surface area contributed by atoms with Crippen LogP contribution >= 0.6 is 0 Å². The van der Waals surface area contributed by atoms with Crippen LogP contribution in [0.2, 0.25) is 0 Å². The van der Waals surface area contributed by atoms with Gasteiger partial charge in [-0.05, 0) is 54.5 Å². The molecule has 1 aliphatic heterocycles. The van der Waals surface area contributed by atoms with E-state index in [1.807, 2.05) is 13.0 Å². The second kappa shape index (κ2) is 6.12. The van der Waals surface area contributed by atoms with Crippen molar-refractivity contribution >= 4 is 17.7 Å². The number of carbonyl (C=O) groups is 1. The van der Waals surface area contributed by atoms with Crippen LogP contribution < -0.4 is 4.90 Å². The van der Waals surface area contributed by atoms with Crippen LogP contribution in [0, 0.1) is 18.8 Å². The minimum Gasteiger partial charge on any atom is -0.478 e. The SMILES string of the molecule is Cc1cc(N2CCC(C(C)C)C2)ccc1/C=C/C(=O)O. The number of hydrogen-bond acceptors (Lipinski definition) is 2. The normalized spacial score (nSPS) is 19.2. The van der Waals surface area contributed by atoms with Gasteiger partial charge in [0.2, 0.25) is 0 Å². The molecule has 1 atom stereocenters. The summed E-state index contributed by atoms with van der Waals surface area (Å²) in [6, 6.07) is 6.26. The predicted molar refractivity (Wildman–Crippen MR) is 83.0 cm³/mol. The summed E-state index contributed by atoms with van der Waals surface area (Å²) < 4.78 is 0. The monoisotopic (exact) mass is 273 g/mol. The summed E-state index contributed by atoms with van der Waals surface area (Å²) in [6.45, 7) is 8.85. The fourth-order valence-electron chi connectivity index (χ4n) is 2.77. The summed E-state index contributed by atoms with van der Waals surface area (Å²) in [7, 11) is 0. The predicted octanol–water partition coefficient (Wildman–Crippen LogP) is 3.58. The van der Waals surface area contributed by atoms with Crippen molar-refractivity contribution < 1.29 is 9.90 Å². The van der Waals surface area contributed by atoms with Crippen LogP contribution in [0.25, 0.3) is 6.08 Å². The lowest BCUT2D eigenvalue weighted by atomic mass is 9.95. The molecule has 0 spiro atoms. The van der Waals surface area contributed by atoms with Crippen molar-refractivity contribution in [2.24, 2.45) is 11.8 Å². The zero-order valence-corrected chi connectivity index (χ0v) is 12.5. The van der Waals surface area contributed by atoms with E-state index in [9.17, 15) is 4.79 Å². The molecule has 1 aromatic carbocycles. The number of nitrogens with zero attached hydrogens (tertiary/aromatic N) is 1. The summed E-state index contributed by atoms with van der Waals surface area (Å²) in [4.78, 5) is 13.0. The van der Waals surface area contributed by atoms with Crippen molar-refractivity contribution in [2.75, 3.05) is 18.0 Å². The highest BCUT2D eigenvalue weighted by Gasteiger charge is 2.24. The van der Waals surface area contributed by atoms with Gasteiger partial charge in [0.1, 0.15) is 0 Å². The van der Waals surface area contributed by atoms with E-state index in [2.05, 4.69) is 30.9 Å². The first-order valence-electron chi connectivity index (χ1n) is 7.24. The summed E-state index contributed by atoms with van der Waals surface area (Å²) in [5, 5.41) is 8.68. The Morgan fingerprint density at radius 3 is 2.75 bits per heavy atom. The maximum Gasteiger partial charge on any atom is 0.328 e. The molecule has 0 amide bonds. The van der Waals surface area contributed by atoms with Crippen molar-refractivity contribution in [3.63, 3.8) is 0 Å². The fraction of sp³-hybridized carbons (Fsp3) is 0.471. The van der Waals surface area contributed by atoms with Gasteiger partial charge in [-0.3, -0.25) is 0 Å². The maximum atomic E-state index is 10.6. The Labute approximate surface area is 120 Å². The number of carboxylic acid groups (broad SMARTS) is 1. The fourth-order valence-corrected chi connectivity index (χ4v) is 2.77. The van der Waals surface area contributed by atoms with Gasteiger partial charge in [0.05, 0.1) is 0 Å². The van der Waals surface area contributed by atoms with Gasteiger partial charge in [0, 0.05) is 24.9 Å². The second-order valence-corrected chi connectivity index (χ2v) is 5.95. The Morgan fingerprint density at radius 1 is 1.45 bits per heavy atom. The quantitative estimate of drug-likeness (QED) is 0.852. The van der Waals surface area contributed by atoms with Gasteiger partial charge in [0.15, 0.2) is 0 Å². The number of hydrogen-bond donors (Lipinski definition) is 1. The van der Waals surface area contributed by atoms with E-state index >= 15 is 0 Å². The zero-order valence-electron chi connectivity index (χ0n) is 12.5. The molecule has 0 radical (unpaired) electrons. The highest BCUT2D eigenvalue weighted by Crippen LogP contribution is 2.29. The molecule has 1 aliphatic rings. The largest absolute Gasteiger partial charge is 0.478 e. The molecule has 0 aliphatic carbocycles. The average molecular weight is 273 g/mol. The minimum atomic E-state index is -0.909. The number of benzene rings is 1. The lowest BCUT2D eigenvalue weighted by Gasteiger charge is -2.21. The molecule has 0 aromatic heterocycles. The van der Waals surface area contributed by atoms with E-state index in [0.29, 0.717) is 0 Å². The molecule has 1 aromatic rings. The highest BCUT2D eigenvalue weighted by atomic mass is 16.4. The van der Waals surface area contributed by atoms with E-state index in [1.165, 1.54) is 18.2 Å². The van der Waals surface area contributed by atoms with E-state index in [1.54, 1.807) is 6.08 Å². The Morgan fingerprint density at radius 2 is 2.20 bits per heavy atom. The van der Waals surface area contributed by atoms with Gasteiger partial charge in [-0.2, -0.15) is 0 Å². The van der Waals surface area contributed by atoms with Gasteiger partial charge in [-0.25, -0.2) is 4.79 Å². The van der Waals surface area contributed by atoms with Crippen molar-refractivity contribution in [3.05, 3.63) is 35.4 Å². The summed E-state index contributed by atoms with van der Waals surface area (Å²) in [5.41, 5.74) is 3.34. The molecule has 108 valence electrons. The molecule has 3 heteroatoms. The first-order chi connectivity index (χ1) is 9.47. The van der Waals surface area contributed by atoms with Crippen LogP contribution in [0.4, 0.5) is 5.69 Å². The van der Waals surface area contributed by atoms with Gasteiger partial charge < -0.3 is 10.0 Å². The Balaban J connectivity index is 2.12. The van der Waals surface area contributed by atoms with Crippen LogP contribution in [0.3, 0.4) is 0 Å². The first kappa shape index (κ1) is 14.6. The van der Waals surface area contributed by atoms with Gasteiger partial charge in [-0.1, -0.05) is 19.9 Å². The van der Waals surface area contributed by atoms with E-state index < -0.39 is 5.97 Å². The Kier molecular flexibility index (Phi) is 4.48. The maximum absolute atomic E-state index is 10.6. The van der Waals surface area contributed by atoms with Crippen LogP contribution in [0.5, 0.6) is 0 Å². The molecule has 1 saturated heterocycles. The molecule has 1 heterocycles. The number of carboxylic acids is 1. The van der Waals surface area contributed by atoms with Crippen molar-refractivity contribution in [3.8, 4) is 0 Å². The number of aliphatic carboxylic acids is 1. The number of rotatable bonds is 4. The van der Waals surface area contributed by atoms with E-state index in [4.69, 9.17) is 5.11 Å².